The zero-order valence-corrected chi connectivity index (χ0v) is 18.8. The minimum absolute atomic E-state index is 0.0347. The van der Waals surface area contributed by atoms with Crippen LogP contribution in [0.4, 0.5) is 17.5 Å². The number of carbonyl (C=O) groups excluding carboxylic acids is 1. The number of fused-ring (bicyclic) bond motifs is 1. The van der Waals surface area contributed by atoms with Crippen molar-refractivity contribution < 1.29 is 14.7 Å². The standard InChI is InChI=1S/C22H25ClN6O3/c1-21-9-28(10-22(21,2)12-29(11-21)18(30)13-3-4-13)17-15(23)8-25-20(27-17)26-14-5-6-16(19(31)32)24-7-14/h5-8,13H,3-4,9-12H2,1-2H3,(H,31,32)(H,25,26,27)/t21-,22+. The molecule has 10 heteroatoms. The highest BCUT2D eigenvalue weighted by Gasteiger charge is 2.59. The molecule has 1 amide bonds. The summed E-state index contributed by atoms with van der Waals surface area (Å²) in [5, 5.41) is 12.5. The molecule has 0 bridgehead atoms. The van der Waals surface area contributed by atoms with E-state index in [0.29, 0.717) is 28.4 Å². The highest BCUT2D eigenvalue weighted by atomic mass is 35.5. The zero-order valence-electron chi connectivity index (χ0n) is 18.0. The first kappa shape index (κ1) is 20.9. The van der Waals surface area contributed by atoms with Crippen molar-refractivity contribution in [2.45, 2.75) is 26.7 Å². The molecule has 4 heterocycles. The lowest BCUT2D eigenvalue weighted by Gasteiger charge is -2.29. The second-order valence-corrected chi connectivity index (χ2v) is 10.1. The predicted molar refractivity (Wildman–Crippen MR) is 119 cm³/mol. The van der Waals surface area contributed by atoms with E-state index in [-0.39, 0.29) is 22.4 Å². The topological polar surface area (TPSA) is 112 Å². The molecule has 2 aromatic heterocycles. The van der Waals surface area contributed by atoms with Gasteiger partial charge >= 0.3 is 5.97 Å². The summed E-state index contributed by atoms with van der Waals surface area (Å²) >= 11 is 6.47. The van der Waals surface area contributed by atoms with E-state index in [1.807, 2.05) is 0 Å². The number of pyridine rings is 1. The average Bonchev–Trinajstić information content (AvgIpc) is 3.51. The monoisotopic (exact) mass is 456 g/mol. The van der Waals surface area contributed by atoms with E-state index >= 15 is 0 Å². The van der Waals surface area contributed by atoms with Gasteiger partial charge in [0.05, 0.1) is 18.1 Å². The van der Waals surface area contributed by atoms with Crippen molar-refractivity contribution in [1.29, 1.82) is 0 Å². The van der Waals surface area contributed by atoms with Crippen LogP contribution in [0.2, 0.25) is 5.02 Å². The number of aromatic nitrogens is 3. The van der Waals surface area contributed by atoms with Crippen LogP contribution in [0.1, 0.15) is 37.2 Å². The van der Waals surface area contributed by atoms with Crippen LogP contribution in [0.3, 0.4) is 0 Å². The number of halogens is 1. The summed E-state index contributed by atoms with van der Waals surface area (Å²) in [4.78, 5) is 40.6. The van der Waals surface area contributed by atoms with Gasteiger partial charge in [-0.1, -0.05) is 25.4 Å². The summed E-state index contributed by atoms with van der Waals surface area (Å²) < 4.78 is 0. The molecule has 2 saturated heterocycles. The maximum atomic E-state index is 12.6. The van der Waals surface area contributed by atoms with Gasteiger partial charge < -0.3 is 20.2 Å². The Morgan fingerprint density at radius 1 is 1.09 bits per heavy atom. The van der Waals surface area contributed by atoms with Gasteiger partial charge in [0.25, 0.3) is 0 Å². The van der Waals surface area contributed by atoms with Crippen LogP contribution in [0.25, 0.3) is 0 Å². The number of carbonyl (C=O) groups is 2. The molecule has 32 heavy (non-hydrogen) atoms. The fourth-order valence-electron chi connectivity index (χ4n) is 4.92. The molecule has 1 saturated carbocycles. The quantitative estimate of drug-likeness (QED) is 0.706. The number of rotatable bonds is 5. The molecule has 0 unspecified atom stereocenters. The van der Waals surface area contributed by atoms with Gasteiger partial charge in [0.2, 0.25) is 11.9 Å². The van der Waals surface area contributed by atoms with E-state index in [4.69, 9.17) is 16.7 Å². The van der Waals surface area contributed by atoms with Gasteiger partial charge in [0, 0.05) is 42.9 Å². The third-order valence-corrected chi connectivity index (χ3v) is 7.39. The van der Waals surface area contributed by atoms with Crippen molar-refractivity contribution in [3.05, 3.63) is 35.2 Å². The third-order valence-electron chi connectivity index (χ3n) is 7.12. The lowest BCUT2D eigenvalue weighted by atomic mass is 9.71. The van der Waals surface area contributed by atoms with E-state index in [9.17, 15) is 9.59 Å². The van der Waals surface area contributed by atoms with E-state index in [1.165, 1.54) is 12.3 Å². The fraction of sp³-hybridized carbons (Fsp3) is 0.500. The van der Waals surface area contributed by atoms with Gasteiger partial charge in [-0.15, -0.1) is 0 Å². The number of anilines is 3. The number of amides is 1. The number of likely N-dealkylation sites (tertiary alicyclic amines) is 1. The molecule has 0 spiro atoms. The molecular weight excluding hydrogens is 432 g/mol. The Hall–Kier alpha value is -2.94. The predicted octanol–water partition coefficient (Wildman–Crippen LogP) is 3.05. The first-order chi connectivity index (χ1) is 15.2. The normalized spacial score (nSPS) is 26.8. The molecule has 0 aromatic carbocycles. The Bertz CT molecular complexity index is 1070. The van der Waals surface area contributed by atoms with Gasteiger partial charge in [-0.3, -0.25) is 4.79 Å². The summed E-state index contributed by atoms with van der Waals surface area (Å²) in [6.45, 7) is 7.51. The second-order valence-electron chi connectivity index (χ2n) is 9.67. The molecule has 168 valence electrons. The van der Waals surface area contributed by atoms with Gasteiger partial charge in [-0.05, 0) is 25.0 Å². The Kier molecular flexibility index (Phi) is 4.77. The molecule has 1 aliphatic carbocycles. The SMILES string of the molecule is C[C@@]12CN(C(=O)C3CC3)C[C@]1(C)CN(c1nc(Nc3ccc(C(=O)O)nc3)ncc1Cl)C2. The van der Waals surface area contributed by atoms with Crippen molar-refractivity contribution in [1.82, 2.24) is 19.9 Å². The summed E-state index contributed by atoms with van der Waals surface area (Å²) in [5.74, 6) is 0.465. The van der Waals surface area contributed by atoms with Crippen LogP contribution >= 0.6 is 11.6 Å². The number of hydrogen-bond acceptors (Lipinski definition) is 7. The van der Waals surface area contributed by atoms with Gasteiger partial charge in [0.15, 0.2) is 5.82 Å². The van der Waals surface area contributed by atoms with Crippen LogP contribution in [-0.2, 0) is 4.79 Å². The Morgan fingerprint density at radius 2 is 1.78 bits per heavy atom. The minimum atomic E-state index is -1.08. The Morgan fingerprint density at radius 3 is 2.34 bits per heavy atom. The third kappa shape index (κ3) is 3.54. The van der Waals surface area contributed by atoms with Gasteiger partial charge in [-0.25, -0.2) is 14.8 Å². The van der Waals surface area contributed by atoms with E-state index < -0.39 is 5.97 Å². The zero-order chi connectivity index (χ0) is 22.7. The summed E-state index contributed by atoms with van der Waals surface area (Å²) in [6, 6.07) is 3.03. The molecule has 2 N–H and O–H groups in total. The molecule has 2 aliphatic heterocycles. The largest absolute Gasteiger partial charge is 0.477 e. The first-order valence-electron chi connectivity index (χ1n) is 10.7. The number of hydrogen-bond donors (Lipinski definition) is 2. The molecule has 2 aromatic rings. The molecule has 9 nitrogen and oxygen atoms in total. The van der Waals surface area contributed by atoms with Crippen molar-refractivity contribution in [2.75, 3.05) is 36.4 Å². The minimum Gasteiger partial charge on any atom is -0.477 e. The summed E-state index contributed by atoms with van der Waals surface area (Å²) in [5.41, 5.74) is 0.453. The van der Waals surface area contributed by atoms with E-state index in [0.717, 1.165) is 39.0 Å². The van der Waals surface area contributed by atoms with Gasteiger partial charge in [-0.2, -0.15) is 4.98 Å². The van der Waals surface area contributed by atoms with Gasteiger partial charge in [0.1, 0.15) is 10.7 Å². The molecule has 2 atom stereocenters. The maximum Gasteiger partial charge on any atom is 0.354 e. The van der Waals surface area contributed by atoms with Crippen LogP contribution in [0, 0.1) is 16.7 Å². The highest BCUT2D eigenvalue weighted by Crippen LogP contribution is 2.53. The van der Waals surface area contributed by atoms with Crippen LogP contribution < -0.4 is 10.2 Å². The number of nitrogens with zero attached hydrogens (tertiary/aromatic N) is 5. The number of nitrogens with one attached hydrogen (secondary N) is 1. The van der Waals surface area contributed by atoms with E-state index in [1.54, 1.807) is 12.3 Å². The van der Waals surface area contributed by atoms with Crippen molar-refractivity contribution in [3.8, 4) is 0 Å². The molecular formula is C22H25ClN6O3. The average molecular weight is 457 g/mol. The lowest BCUT2D eigenvalue weighted by molar-refractivity contribution is -0.132. The first-order valence-corrected chi connectivity index (χ1v) is 11.1. The number of carboxylic acids is 1. The fourth-order valence-corrected chi connectivity index (χ4v) is 5.13. The van der Waals surface area contributed by atoms with Crippen molar-refractivity contribution in [2.24, 2.45) is 16.7 Å². The molecule has 0 radical (unpaired) electrons. The lowest BCUT2D eigenvalue weighted by Crippen LogP contribution is -2.36. The van der Waals surface area contributed by atoms with E-state index in [2.05, 4.69) is 43.9 Å². The molecule has 5 rings (SSSR count). The van der Waals surface area contributed by atoms with Crippen LogP contribution in [-0.4, -0.2) is 63.0 Å². The Balaban J connectivity index is 1.33. The summed E-state index contributed by atoms with van der Waals surface area (Å²) in [7, 11) is 0. The Labute approximate surface area is 190 Å². The second kappa shape index (κ2) is 7.30. The molecule has 3 aliphatic rings. The number of aromatic carboxylic acids is 1. The van der Waals surface area contributed by atoms with Crippen molar-refractivity contribution in [3.63, 3.8) is 0 Å². The highest BCUT2D eigenvalue weighted by molar-refractivity contribution is 6.32. The van der Waals surface area contributed by atoms with Crippen LogP contribution in [0.15, 0.2) is 24.5 Å². The summed E-state index contributed by atoms with van der Waals surface area (Å²) in [6.07, 6.45) is 5.04. The number of carboxylic acid groups (broad SMARTS) is 1. The smallest absolute Gasteiger partial charge is 0.354 e. The maximum absolute atomic E-state index is 12.6. The molecule has 3 fully saturated rings. The van der Waals surface area contributed by atoms with Crippen LogP contribution in [0.5, 0.6) is 0 Å². The van der Waals surface area contributed by atoms with Crippen molar-refractivity contribution >= 4 is 40.9 Å².